The van der Waals surface area contributed by atoms with E-state index in [1.54, 1.807) is 65.0 Å². The van der Waals surface area contributed by atoms with Crippen LogP contribution in [0.1, 0.15) is 94.4 Å². The summed E-state index contributed by atoms with van der Waals surface area (Å²) in [7, 11) is 2.75. The second kappa shape index (κ2) is 24.1. The van der Waals surface area contributed by atoms with Crippen molar-refractivity contribution in [1.82, 2.24) is 5.32 Å². The smallest absolute Gasteiger partial charge is 0.373 e. The molecule has 2 heterocycles. The van der Waals surface area contributed by atoms with E-state index in [1.807, 2.05) is 33.8 Å². The fraction of sp³-hybridized carbons (Fsp3) is 0.625. The average Bonchev–Trinajstić information content (AvgIpc) is 3.55. The zero-order valence-corrected chi connectivity index (χ0v) is 38.6. The molecule has 0 saturated carbocycles. The number of allylic oxidation sites excluding steroid dienone is 8. The fourth-order valence-corrected chi connectivity index (χ4v) is 8.59. The number of rotatable bonds is 12. The Labute approximate surface area is 372 Å². The minimum atomic E-state index is -2.10. The van der Waals surface area contributed by atoms with Crippen molar-refractivity contribution in [3.63, 3.8) is 0 Å². The number of amides is 1. The summed E-state index contributed by atoms with van der Waals surface area (Å²) in [6.07, 6.45) is 7.80. The molecule has 0 aromatic heterocycles. The summed E-state index contributed by atoms with van der Waals surface area (Å²) in [5.41, 5.74) is 1.32. The van der Waals surface area contributed by atoms with Gasteiger partial charge in [-0.3, -0.25) is 9.59 Å². The molecule has 0 spiro atoms. The topological polar surface area (TPSA) is 228 Å². The van der Waals surface area contributed by atoms with Gasteiger partial charge in [-0.15, -0.1) is 0 Å². The van der Waals surface area contributed by atoms with Crippen LogP contribution in [-0.4, -0.2) is 112 Å². The van der Waals surface area contributed by atoms with Crippen LogP contribution in [-0.2, 0) is 42.9 Å². The predicted octanol–water partition coefficient (Wildman–Crippen LogP) is 5.36. The summed E-state index contributed by atoms with van der Waals surface area (Å²) in [5, 5.41) is 59.2. The number of carbonyl (C=O) groups is 4. The van der Waals surface area contributed by atoms with Crippen LogP contribution < -0.4 is 5.32 Å². The Morgan fingerprint density at radius 1 is 1.06 bits per heavy atom. The fourth-order valence-electron chi connectivity index (χ4n) is 8.59. The molecular weight excluding hydrogens is 815 g/mol. The van der Waals surface area contributed by atoms with Crippen LogP contribution in [0.5, 0.6) is 0 Å². The third kappa shape index (κ3) is 14.1. The molecule has 0 bridgehead atoms. The Balaban J connectivity index is 1.97. The minimum Gasteiger partial charge on any atom is -0.510 e. The molecule has 0 radical (unpaired) electrons. The van der Waals surface area contributed by atoms with E-state index < -0.39 is 95.8 Å². The molecule has 2 aliphatic heterocycles. The number of cyclic esters (lactones) is 1. The summed E-state index contributed by atoms with van der Waals surface area (Å²) >= 11 is 0. The Morgan fingerprint density at radius 2 is 1.75 bits per heavy atom. The maximum Gasteiger partial charge on any atom is 0.373 e. The number of aliphatic hydroxyl groups is 5. The first-order chi connectivity index (χ1) is 29.6. The average molecular weight is 886 g/mol. The first kappa shape index (κ1) is 53.0. The van der Waals surface area contributed by atoms with E-state index in [2.05, 4.69) is 5.32 Å². The minimum absolute atomic E-state index is 0.0618. The van der Waals surface area contributed by atoms with E-state index in [-0.39, 0.29) is 48.3 Å². The molecule has 0 aromatic rings. The van der Waals surface area contributed by atoms with Crippen LogP contribution in [0.25, 0.3) is 0 Å². The van der Waals surface area contributed by atoms with E-state index in [0.29, 0.717) is 18.4 Å². The lowest BCUT2D eigenvalue weighted by Crippen LogP contribution is -2.58. The highest BCUT2D eigenvalue weighted by molar-refractivity contribution is 6.04. The number of nitrogens with one attached hydrogen (secondary N) is 1. The highest BCUT2D eigenvalue weighted by atomic mass is 16.6. The molecule has 1 amide bonds. The van der Waals surface area contributed by atoms with Gasteiger partial charge in [0.2, 0.25) is 11.7 Å². The number of aliphatic hydroxyl groups excluding tert-OH is 4. The van der Waals surface area contributed by atoms with Gasteiger partial charge < -0.3 is 54.5 Å². The van der Waals surface area contributed by atoms with Crippen molar-refractivity contribution in [2.45, 2.75) is 143 Å². The Hall–Kier alpha value is -4.38. The number of carbonyl (C=O) groups excluding carboxylic acids is 4. The number of hydrogen-bond acceptors (Lipinski definition) is 14. The number of methoxy groups -OCH3 is 2. The van der Waals surface area contributed by atoms with Gasteiger partial charge in [-0.1, -0.05) is 89.1 Å². The van der Waals surface area contributed by atoms with Gasteiger partial charge in [0.05, 0.1) is 31.5 Å². The number of Topliss-reactive ketones (excluding diaryl/α,β-unsaturated/α-hetero) is 1. The van der Waals surface area contributed by atoms with Crippen molar-refractivity contribution in [3.05, 3.63) is 83.0 Å². The maximum absolute atomic E-state index is 13.9. The Kier molecular flexibility index (Phi) is 20.2. The zero-order chi connectivity index (χ0) is 47.3. The molecule has 1 saturated heterocycles. The van der Waals surface area contributed by atoms with E-state index in [0.717, 1.165) is 17.7 Å². The van der Waals surface area contributed by atoms with Crippen LogP contribution in [0.4, 0.5) is 0 Å². The van der Waals surface area contributed by atoms with Crippen LogP contribution in [0.3, 0.4) is 0 Å². The van der Waals surface area contributed by atoms with Gasteiger partial charge in [0, 0.05) is 68.1 Å². The van der Waals surface area contributed by atoms with Gasteiger partial charge in [-0.05, 0) is 45.6 Å². The monoisotopic (exact) mass is 885 g/mol. The summed E-state index contributed by atoms with van der Waals surface area (Å²) in [4.78, 5) is 51.4. The molecule has 3 aliphatic rings. The summed E-state index contributed by atoms with van der Waals surface area (Å²) in [6, 6.07) is 0. The quantitative estimate of drug-likeness (QED) is 0.0825. The van der Waals surface area contributed by atoms with Crippen molar-refractivity contribution in [2.24, 2.45) is 35.5 Å². The molecule has 352 valence electrons. The van der Waals surface area contributed by atoms with Gasteiger partial charge in [-0.25, -0.2) is 9.59 Å². The van der Waals surface area contributed by atoms with Crippen LogP contribution >= 0.6 is 0 Å². The molecule has 6 N–H and O–H groups in total. The zero-order valence-electron chi connectivity index (χ0n) is 38.6. The Morgan fingerprint density at radius 3 is 2.33 bits per heavy atom. The molecule has 1 fully saturated rings. The third-order valence-corrected chi connectivity index (χ3v) is 12.6. The normalized spacial score (nSPS) is 33.4. The van der Waals surface area contributed by atoms with Gasteiger partial charge in [0.1, 0.15) is 29.8 Å². The summed E-state index contributed by atoms with van der Waals surface area (Å²) in [5.74, 6) is -8.99. The number of esters is 2. The third-order valence-electron chi connectivity index (χ3n) is 12.6. The molecule has 1 aliphatic carbocycles. The molecule has 15 nitrogen and oxygen atoms in total. The maximum atomic E-state index is 13.9. The van der Waals surface area contributed by atoms with Crippen molar-refractivity contribution >= 4 is 23.6 Å². The molecular formula is C48H71NO14. The van der Waals surface area contributed by atoms with Crippen LogP contribution in [0, 0.1) is 35.5 Å². The second-order valence-electron chi connectivity index (χ2n) is 17.4. The number of ketones is 1. The second-order valence-corrected chi connectivity index (χ2v) is 17.4. The Bertz CT molecular complexity index is 1830. The molecule has 3 rings (SSSR count). The lowest BCUT2D eigenvalue weighted by molar-refractivity contribution is -0.314. The van der Waals surface area contributed by atoms with Crippen molar-refractivity contribution in [3.8, 4) is 0 Å². The van der Waals surface area contributed by atoms with Gasteiger partial charge in [0.15, 0.2) is 11.6 Å². The molecule has 14 atom stereocenters. The van der Waals surface area contributed by atoms with Crippen molar-refractivity contribution < 1.29 is 68.4 Å². The van der Waals surface area contributed by atoms with Crippen LogP contribution in [0.15, 0.2) is 83.0 Å². The lowest BCUT2D eigenvalue weighted by Gasteiger charge is -2.48. The lowest BCUT2D eigenvalue weighted by atomic mass is 9.77. The van der Waals surface area contributed by atoms with E-state index in [4.69, 9.17) is 23.7 Å². The van der Waals surface area contributed by atoms with E-state index >= 15 is 0 Å². The van der Waals surface area contributed by atoms with Crippen molar-refractivity contribution in [1.29, 1.82) is 0 Å². The molecule has 0 aromatic carbocycles. The number of ether oxygens (including phenoxy) is 5. The van der Waals surface area contributed by atoms with Crippen LogP contribution in [0.2, 0.25) is 0 Å². The van der Waals surface area contributed by atoms with Gasteiger partial charge in [0.25, 0.3) is 0 Å². The first-order valence-corrected chi connectivity index (χ1v) is 21.9. The van der Waals surface area contributed by atoms with E-state index in [1.165, 1.54) is 20.3 Å². The van der Waals surface area contributed by atoms with Crippen molar-refractivity contribution in [2.75, 3.05) is 14.2 Å². The number of hydrogen-bond donors (Lipinski definition) is 6. The predicted molar refractivity (Wildman–Crippen MR) is 235 cm³/mol. The summed E-state index contributed by atoms with van der Waals surface area (Å²) < 4.78 is 29.5. The first-order valence-electron chi connectivity index (χ1n) is 21.9. The highest BCUT2D eigenvalue weighted by Crippen LogP contribution is 2.41. The molecule has 63 heavy (non-hydrogen) atoms. The SMILES string of the molecule is CC=C[C@H]1O[C@@](O)([C@@H](C)[C@H](O)[C@H](C)C2OC(=O)C(OC)=CC(C)=C[C@@H](C)[C@@H](O)[C@@H](CC)[C@@H](O)[C@H](C)CC(C)=CC=C[C@@H]2OC)C[C@@H](OC(=O)C=CC(=O)NC2=C(O)CCC2=O)[C@@H]1C. The van der Waals surface area contributed by atoms with Gasteiger partial charge in [-0.2, -0.15) is 0 Å². The molecule has 15 heteroatoms. The largest absolute Gasteiger partial charge is 0.510 e. The summed E-state index contributed by atoms with van der Waals surface area (Å²) in [6.45, 7) is 16.1. The highest BCUT2D eigenvalue weighted by Gasteiger charge is 2.52. The molecule has 1 unspecified atom stereocenters. The standard InChI is InChI=1S/C48H71NO14/c1-12-15-36-30(7)39(61-41(53)21-20-40(52)49-42-34(50)18-19-35(42)51)25-48(58,63-36)32(9)45(56)31(8)46-37(59-10)17-14-16-26(3)22-28(5)43(54)33(13-2)44(55)29(6)23-27(4)24-38(60-11)47(57)62-46/h12,14-17,20-21,23-24,28-33,36-37,39,43-46,50,54-56,58H,13,18-19,22,25H2,1-11H3,(H,49,52)/t28-,29-,30-,31+,32+,33+,36-,37+,39-,43+,44-,45-,46?,48-/m1/s1. The van der Waals surface area contributed by atoms with Gasteiger partial charge >= 0.3 is 11.9 Å². The van der Waals surface area contributed by atoms with E-state index in [9.17, 15) is 44.7 Å².